The summed E-state index contributed by atoms with van der Waals surface area (Å²) in [5.41, 5.74) is 2.35. The Morgan fingerprint density at radius 2 is 2.13 bits per heavy atom. The quantitative estimate of drug-likeness (QED) is 0.593. The van der Waals surface area contributed by atoms with Crippen molar-refractivity contribution in [1.82, 2.24) is 25.7 Å². The number of ether oxygens (including phenoxy) is 1. The summed E-state index contributed by atoms with van der Waals surface area (Å²) in [6.45, 7) is 2.82. The highest BCUT2D eigenvalue weighted by molar-refractivity contribution is 6.05. The van der Waals surface area contributed by atoms with Gasteiger partial charge in [0.05, 0.1) is 6.61 Å². The van der Waals surface area contributed by atoms with Gasteiger partial charge in [0.2, 0.25) is 17.7 Å². The molecule has 0 spiro atoms. The Bertz CT molecular complexity index is 1030. The lowest BCUT2D eigenvalue weighted by atomic mass is 10.0. The Kier molecular flexibility index (Phi) is 5.21. The van der Waals surface area contributed by atoms with Crippen LogP contribution in [0.1, 0.15) is 51.7 Å². The molecule has 3 heterocycles. The van der Waals surface area contributed by atoms with Crippen LogP contribution in [0.3, 0.4) is 0 Å². The van der Waals surface area contributed by atoms with Gasteiger partial charge in [-0.15, -0.1) is 5.10 Å². The van der Waals surface area contributed by atoms with E-state index in [0.29, 0.717) is 31.0 Å². The van der Waals surface area contributed by atoms with E-state index in [1.54, 1.807) is 6.07 Å². The number of nitrogens with one attached hydrogen (secondary N) is 3. The lowest BCUT2D eigenvalue weighted by Crippen LogP contribution is -2.52. The normalized spacial score (nSPS) is 18.2. The van der Waals surface area contributed by atoms with Gasteiger partial charge in [-0.05, 0) is 30.5 Å². The van der Waals surface area contributed by atoms with Crippen LogP contribution in [-0.4, -0.2) is 51.4 Å². The number of H-pyrrole nitrogens is 1. The summed E-state index contributed by atoms with van der Waals surface area (Å²) >= 11 is 0. The molecular formula is C20H21N5O5. The second-order valence-electron chi connectivity index (χ2n) is 7.13. The monoisotopic (exact) mass is 411 g/mol. The van der Waals surface area contributed by atoms with Crippen molar-refractivity contribution in [2.45, 2.75) is 38.9 Å². The molecule has 2 aliphatic rings. The molecule has 1 saturated heterocycles. The first-order chi connectivity index (χ1) is 14.5. The van der Waals surface area contributed by atoms with Gasteiger partial charge < -0.3 is 15.0 Å². The first kappa shape index (κ1) is 19.6. The predicted molar refractivity (Wildman–Crippen MR) is 103 cm³/mol. The molecule has 30 heavy (non-hydrogen) atoms. The second-order valence-corrected chi connectivity index (χ2v) is 7.13. The smallest absolute Gasteiger partial charge is 0.269 e. The van der Waals surface area contributed by atoms with Crippen LogP contribution in [0.25, 0.3) is 0 Å². The standard InChI is InChI=1S/C20H21N5O5/c1-2-30-17-8-14(23-24-17)18(27)21-9-11-3-4-12-10-25(20(29)13(12)7-11)15-5-6-16(26)22-19(15)28/h3-4,7-8,15H,2,5-6,9-10H2,1H3,(H,21,27)(H,23,24)(H,22,26,28). The summed E-state index contributed by atoms with van der Waals surface area (Å²) < 4.78 is 5.22. The van der Waals surface area contributed by atoms with Crippen LogP contribution >= 0.6 is 0 Å². The number of piperidine rings is 1. The third-order valence-corrected chi connectivity index (χ3v) is 5.14. The van der Waals surface area contributed by atoms with Crippen molar-refractivity contribution in [2.75, 3.05) is 6.61 Å². The van der Waals surface area contributed by atoms with E-state index in [9.17, 15) is 19.2 Å². The van der Waals surface area contributed by atoms with Crippen molar-refractivity contribution in [3.63, 3.8) is 0 Å². The zero-order chi connectivity index (χ0) is 21.3. The van der Waals surface area contributed by atoms with Crippen molar-refractivity contribution >= 4 is 23.6 Å². The molecule has 1 aromatic heterocycles. The molecule has 0 radical (unpaired) electrons. The largest absolute Gasteiger partial charge is 0.477 e. The van der Waals surface area contributed by atoms with Gasteiger partial charge in [-0.25, -0.2) is 0 Å². The number of aromatic amines is 1. The highest BCUT2D eigenvalue weighted by Gasteiger charge is 2.39. The van der Waals surface area contributed by atoms with E-state index in [1.807, 2.05) is 19.1 Å². The SMILES string of the molecule is CCOc1cc(C(=O)NCc2ccc3c(c2)C(=O)N(C2CCC(=O)NC2=O)C3)[nH]n1. The molecular weight excluding hydrogens is 390 g/mol. The van der Waals surface area contributed by atoms with E-state index in [-0.39, 0.29) is 36.4 Å². The van der Waals surface area contributed by atoms with Crippen molar-refractivity contribution in [3.8, 4) is 5.88 Å². The van der Waals surface area contributed by atoms with Crippen LogP contribution in [0.4, 0.5) is 0 Å². The Morgan fingerprint density at radius 3 is 2.90 bits per heavy atom. The third-order valence-electron chi connectivity index (χ3n) is 5.14. The van der Waals surface area contributed by atoms with Gasteiger partial charge in [-0.1, -0.05) is 12.1 Å². The maximum Gasteiger partial charge on any atom is 0.269 e. The van der Waals surface area contributed by atoms with E-state index < -0.39 is 11.9 Å². The van der Waals surface area contributed by atoms with Crippen molar-refractivity contribution in [1.29, 1.82) is 0 Å². The van der Waals surface area contributed by atoms with Gasteiger partial charge in [0.15, 0.2) is 0 Å². The zero-order valence-electron chi connectivity index (χ0n) is 16.4. The zero-order valence-corrected chi connectivity index (χ0v) is 16.4. The van der Waals surface area contributed by atoms with E-state index >= 15 is 0 Å². The number of carbonyl (C=O) groups excluding carboxylic acids is 4. The number of rotatable bonds is 6. The number of benzene rings is 1. The van der Waals surface area contributed by atoms with E-state index in [2.05, 4.69) is 20.8 Å². The molecule has 10 nitrogen and oxygen atoms in total. The first-order valence-electron chi connectivity index (χ1n) is 9.69. The topological polar surface area (TPSA) is 133 Å². The minimum absolute atomic E-state index is 0.215. The summed E-state index contributed by atoms with van der Waals surface area (Å²) in [5, 5.41) is 11.6. The van der Waals surface area contributed by atoms with Crippen LogP contribution in [0.2, 0.25) is 0 Å². The summed E-state index contributed by atoms with van der Waals surface area (Å²) in [6, 6.07) is 6.25. The van der Waals surface area contributed by atoms with E-state index in [1.165, 1.54) is 11.0 Å². The number of fused-ring (bicyclic) bond motifs is 1. The van der Waals surface area contributed by atoms with E-state index in [4.69, 9.17) is 4.74 Å². The van der Waals surface area contributed by atoms with Gasteiger partial charge in [-0.2, -0.15) is 0 Å². The molecule has 3 N–H and O–H groups in total. The molecule has 1 aromatic carbocycles. The molecule has 2 aliphatic heterocycles. The Labute approximate surface area is 172 Å². The number of amides is 4. The molecule has 4 rings (SSSR count). The van der Waals surface area contributed by atoms with E-state index in [0.717, 1.165) is 11.1 Å². The molecule has 0 bridgehead atoms. The average molecular weight is 411 g/mol. The molecule has 10 heteroatoms. The molecule has 4 amide bonds. The van der Waals surface area contributed by atoms with Gasteiger partial charge in [0, 0.05) is 31.1 Å². The highest BCUT2D eigenvalue weighted by atomic mass is 16.5. The van der Waals surface area contributed by atoms with Crippen LogP contribution in [0, 0.1) is 0 Å². The minimum Gasteiger partial charge on any atom is -0.477 e. The lowest BCUT2D eigenvalue weighted by molar-refractivity contribution is -0.136. The highest BCUT2D eigenvalue weighted by Crippen LogP contribution is 2.28. The molecule has 1 atom stereocenters. The number of aromatic nitrogens is 2. The van der Waals surface area contributed by atoms with Gasteiger partial charge in [0.1, 0.15) is 11.7 Å². The minimum atomic E-state index is -0.648. The predicted octanol–water partition coefficient (Wildman–Crippen LogP) is 0.499. The summed E-state index contributed by atoms with van der Waals surface area (Å²) in [7, 11) is 0. The maximum absolute atomic E-state index is 12.8. The van der Waals surface area contributed by atoms with Crippen LogP contribution in [0.5, 0.6) is 5.88 Å². The third kappa shape index (κ3) is 3.76. The van der Waals surface area contributed by atoms with Crippen molar-refractivity contribution < 1.29 is 23.9 Å². The number of hydrogen-bond acceptors (Lipinski definition) is 6. The number of nitrogens with zero attached hydrogens (tertiary/aromatic N) is 2. The number of carbonyl (C=O) groups is 4. The van der Waals surface area contributed by atoms with Crippen LogP contribution < -0.4 is 15.4 Å². The fourth-order valence-electron chi connectivity index (χ4n) is 3.63. The van der Waals surface area contributed by atoms with Gasteiger partial charge in [-0.3, -0.25) is 29.6 Å². The van der Waals surface area contributed by atoms with Crippen molar-refractivity contribution in [2.24, 2.45) is 0 Å². The lowest BCUT2D eigenvalue weighted by Gasteiger charge is -2.29. The van der Waals surface area contributed by atoms with Gasteiger partial charge in [0.25, 0.3) is 11.8 Å². The van der Waals surface area contributed by atoms with Crippen LogP contribution in [0.15, 0.2) is 24.3 Å². The molecule has 0 aliphatic carbocycles. The fraction of sp³-hybridized carbons (Fsp3) is 0.350. The summed E-state index contributed by atoms with van der Waals surface area (Å²) in [5.74, 6) is -0.998. The summed E-state index contributed by atoms with van der Waals surface area (Å²) in [6.07, 6.45) is 0.535. The Morgan fingerprint density at radius 1 is 1.30 bits per heavy atom. The first-order valence-corrected chi connectivity index (χ1v) is 9.69. The Hall–Kier alpha value is -3.69. The molecule has 0 saturated carbocycles. The van der Waals surface area contributed by atoms with Crippen LogP contribution in [-0.2, 0) is 22.7 Å². The second kappa shape index (κ2) is 7.97. The van der Waals surface area contributed by atoms with Crippen molar-refractivity contribution in [3.05, 3.63) is 46.6 Å². The molecule has 1 unspecified atom stereocenters. The number of hydrogen-bond donors (Lipinski definition) is 3. The molecule has 2 aromatic rings. The fourth-order valence-corrected chi connectivity index (χ4v) is 3.63. The Balaban J connectivity index is 1.41. The maximum atomic E-state index is 12.8. The van der Waals surface area contributed by atoms with Gasteiger partial charge >= 0.3 is 0 Å². The molecule has 1 fully saturated rings. The average Bonchev–Trinajstić information content (AvgIpc) is 3.32. The number of imide groups is 1. The summed E-state index contributed by atoms with van der Waals surface area (Å²) in [4.78, 5) is 50.1. The molecule has 156 valence electrons.